The van der Waals surface area contributed by atoms with Crippen LogP contribution in [-0.4, -0.2) is 9.38 Å². The average molecular weight is 200 g/mol. The van der Waals surface area contributed by atoms with Crippen LogP contribution in [0.15, 0.2) is 24.5 Å². The summed E-state index contributed by atoms with van der Waals surface area (Å²) in [5, 5.41) is 0. The first-order chi connectivity index (χ1) is 7.27. The molecule has 78 valence electrons. The molecule has 1 aliphatic rings. The van der Waals surface area contributed by atoms with Crippen LogP contribution in [0.3, 0.4) is 0 Å². The maximum atomic E-state index is 4.33. The molecule has 0 bridgehead atoms. The van der Waals surface area contributed by atoms with E-state index in [0.29, 0.717) is 0 Å². The van der Waals surface area contributed by atoms with Gasteiger partial charge in [0, 0.05) is 18.1 Å². The van der Waals surface area contributed by atoms with Crippen LogP contribution in [0, 0.1) is 5.92 Å². The van der Waals surface area contributed by atoms with Crippen LogP contribution in [-0.2, 0) is 6.42 Å². The van der Waals surface area contributed by atoms with Crippen molar-refractivity contribution in [2.75, 3.05) is 0 Å². The monoisotopic (exact) mass is 200 g/mol. The second kappa shape index (κ2) is 3.09. The van der Waals surface area contributed by atoms with E-state index < -0.39 is 0 Å². The summed E-state index contributed by atoms with van der Waals surface area (Å²) in [4.78, 5) is 4.33. The van der Waals surface area contributed by atoms with Crippen molar-refractivity contribution < 1.29 is 0 Å². The van der Waals surface area contributed by atoms with Crippen LogP contribution in [0.25, 0.3) is 5.65 Å². The van der Waals surface area contributed by atoms with Gasteiger partial charge in [-0.15, -0.1) is 0 Å². The largest absolute Gasteiger partial charge is 0.304 e. The van der Waals surface area contributed by atoms with Gasteiger partial charge in [0.05, 0.1) is 0 Å². The third kappa shape index (κ3) is 1.21. The van der Waals surface area contributed by atoms with E-state index in [-0.39, 0.29) is 0 Å². The zero-order valence-electron chi connectivity index (χ0n) is 9.27. The normalized spacial score (nSPS) is 20.1. The lowest BCUT2D eigenvalue weighted by molar-refractivity contribution is 0.496. The molecule has 2 aromatic heterocycles. The van der Waals surface area contributed by atoms with Gasteiger partial charge < -0.3 is 4.40 Å². The average Bonchev–Trinajstić information content (AvgIpc) is 2.82. The van der Waals surface area contributed by atoms with E-state index in [2.05, 4.69) is 41.6 Å². The molecule has 0 saturated carbocycles. The first kappa shape index (κ1) is 8.96. The summed E-state index contributed by atoms with van der Waals surface area (Å²) >= 11 is 0. The summed E-state index contributed by atoms with van der Waals surface area (Å²) in [6.07, 6.45) is 6.46. The SMILES string of the molecule is CC(C)C1CCc2c1ccc1nccn21. The van der Waals surface area contributed by atoms with Crippen LogP contribution < -0.4 is 0 Å². The van der Waals surface area contributed by atoms with Crippen LogP contribution >= 0.6 is 0 Å². The standard InChI is InChI=1S/C13H16N2/c1-9(2)10-3-5-12-11(10)4-6-13-14-7-8-15(12)13/h4,6-10H,3,5H2,1-2H3. The summed E-state index contributed by atoms with van der Waals surface area (Å²) in [6, 6.07) is 4.41. The second-order valence-electron chi connectivity index (χ2n) is 4.78. The van der Waals surface area contributed by atoms with Gasteiger partial charge in [0.15, 0.2) is 0 Å². The zero-order valence-corrected chi connectivity index (χ0v) is 9.27. The van der Waals surface area contributed by atoms with Gasteiger partial charge in [-0.3, -0.25) is 0 Å². The number of aryl methyl sites for hydroxylation is 1. The number of imidazole rings is 1. The van der Waals surface area contributed by atoms with Gasteiger partial charge >= 0.3 is 0 Å². The molecule has 1 unspecified atom stereocenters. The van der Waals surface area contributed by atoms with Gasteiger partial charge in [0.2, 0.25) is 0 Å². The first-order valence-corrected chi connectivity index (χ1v) is 5.72. The highest BCUT2D eigenvalue weighted by Crippen LogP contribution is 2.38. The van der Waals surface area contributed by atoms with Crippen molar-refractivity contribution in [1.82, 2.24) is 9.38 Å². The Hall–Kier alpha value is -1.31. The van der Waals surface area contributed by atoms with Crippen LogP contribution in [0.2, 0.25) is 0 Å². The lowest BCUT2D eigenvalue weighted by Gasteiger charge is -2.15. The molecule has 15 heavy (non-hydrogen) atoms. The molecular weight excluding hydrogens is 184 g/mol. The number of hydrogen-bond acceptors (Lipinski definition) is 1. The molecular formula is C13H16N2. The van der Waals surface area contributed by atoms with Crippen molar-refractivity contribution in [3.8, 4) is 0 Å². The third-order valence-corrected chi connectivity index (χ3v) is 3.60. The highest BCUT2D eigenvalue weighted by Gasteiger charge is 2.26. The fraction of sp³-hybridized carbons (Fsp3) is 0.462. The Morgan fingerprint density at radius 3 is 3.07 bits per heavy atom. The molecule has 0 amide bonds. The fourth-order valence-corrected chi connectivity index (χ4v) is 2.81. The van der Waals surface area contributed by atoms with Gasteiger partial charge in [-0.25, -0.2) is 4.98 Å². The highest BCUT2D eigenvalue weighted by molar-refractivity contribution is 5.46. The molecule has 0 spiro atoms. The van der Waals surface area contributed by atoms with Crippen molar-refractivity contribution >= 4 is 5.65 Å². The molecule has 3 rings (SSSR count). The van der Waals surface area contributed by atoms with Crippen molar-refractivity contribution in [3.63, 3.8) is 0 Å². The minimum Gasteiger partial charge on any atom is -0.304 e. The molecule has 0 aliphatic heterocycles. The number of nitrogens with zero attached hydrogens (tertiary/aromatic N) is 2. The summed E-state index contributed by atoms with van der Waals surface area (Å²) in [5.41, 5.74) is 4.09. The molecule has 2 nitrogen and oxygen atoms in total. The molecule has 1 atom stereocenters. The Balaban J connectivity index is 2.21. The number of pyridine rings is 1. The van der Waals surface area contributed by atoms with E-state index in [1.165, 1.54) is 24.1 Å². The van der Waals surface area contributed by atoms with E-state index in [0.717, 1.165) is 17.5 Å². The topological polar surface area (TPSA) is 17.3 Å². The van der Waals surface area contributed by atoms with Crippen molar-refractivity contribution in [2.45, 2.75) is 32.6 Å². The Bertz CT molecular complexity index is 496. The minimum atomic E-state index is 0.742. The molecule has 0 N–H and O–H groups in total. The molecule has 2 heteroatoms. The summed E-state index contributed by atoms with van der Waals surface area (Å²) in [7, 11) is 0. The van der Waals surface area contributed by atoms with Gasteiger partial charge in [0.1, 0.15) is 5.65 Å². The Labute approximate surface area is 90.0 Å². The van der Waals surface area contributed by atoms with Gasteiger partial charge in [-0.2, -0.15) is 0 Å². The first-order valence-electron chi connectivity index (χ1n) is 5.72. The van der Waals surface area contributed by atoms with Crippen molar-refractivity contribution in [1.29, 1.82) is 0 Å². The van der Waals surface area contributed by atoms with E-state index in [1.807, 2.05) is 6.20 Å². The van der Waals surface area contributed by atoms with Gasteiger partial charge in [0.25, 0.3) is 0 Å². The second-order valence-corrected chi connectivity index (χ2v) is 4.78. The Kier molecular flexibility index (Phi) is 1.84. The Morgan fingerprint density at radius 1 is 1.40 bits per heavy atom. The van der Waals surface area contributed by atoms with E-state index in [9.17, 15) is 0 Å². The van der Waals surface area contributed by atoms with Crippen molar-refractivity contribution in [2.24, 2.45) is 5.92 Å². The molecule has 0 fully saturated rings. The van der Waals surface area contributed by atoms with Gasteiger partial charge in [-0.05, 0) is 36.3 Å². The number of rotatable bonds is 1. The summed E-state index contributed by atoms with van der Waals surface area (Å²) in [5.74, 6) is 1.49. The predicted octanol–water partition coefficient (Wildman–Crippen LogP) is 3.02. The molecule has 2 heterocycles. The molecule has 1 aliphatic carbocycles. The van der Waals surface area contributed by atoms with E-state index in [1.54, 1.807) is 0 Å². The summed E-state index contributed by atoms with van der Waals surface area (Å²) in [6.45, 7) is 4.63. The smallest absolute Gasteiger partial charge is 0.136 e. The molecule has 0 saturated heterocycles. The Morgan fingerprint density at radius 2 is 2.27 bits per heavy atom. The number of hydrogen-bond donors (Lipinski definition) is 0. The molecule has 0 radical (unpaired) electrons. The van der Waals surface area contributed by atoms with E-state index >= 15 is 0 Å². The lowest BCUT2D eigenvalue weighted by Crippen LogP contribution is -2.03. The van der Waals surface area contributed by atoms with Gasteiger partial charge in [-0.1, -0.05) is 19.9 Å². The number of fused-ring (bicyclic) bond motifs is 3. The minimum absolute atomic E-state index is 0.742. The predicted molar refractivity (Wildman–Crippen MR) is 61.1 cm³/mol. The lowest BCUT2D eigenvalue weighted by atomic mass is 9.91. The fourth-order valence-electron chi connectivity index (χ4n) is 2.81. The summed E-state index contributed by atoms with van der Waals surface area (Å²) < 4.78 is 2.25. The third-order valence-electron chi connectivity index (χ3n) is 3.60. The van der Waals surface area contributed by atoms with Crippen LogP contribution in [0.1, 0.15) is 37.4 Å². The van der Waals surface area contributed by atoms with E-state index in [4.69, 9.17) is 0 Å². The molecule has 2 aromatic rings. The van der Waals surface area contributed by atoms with Crippen LogP contribution in [0.4, 0.5) is 0 Å². The molecule has 0 aromatic carbocycles. The maximum absolute atomic E-state index is 4.33. The quantitative estimate of drug-likeness (QED) is 0.691. The zero-order chi connectivity index (χ0) is 10.4. The number of aromatic nitrogens is 2. The highest BCUT2D eigenvalue weighted by atomic mass is 15.0. The van der Waals surface area contributed by atoms with Crippen LogP contribution in [0.5, 0.6) is 0 Å². The maximum Gasteiger partial charge on any atom is 0.136 e. The van der Waals surface area contributed by atoms with Crippen molar-refractivity contribution in [3.05, 3.63) is 35.8 Å².